The fourth-order valence-electron chi connectivity index (χ4n) is 19.4. The highest BCUT2D eigenvalue weighted by molar-refractivity contribution is 7.51. The van der Waals surface area contributed by atoms with Gasteiger partial charge in [0, 0.05) is 121 Å². The lowest BCUT2D eigenvalue weighted by Gasteiger charge is -2.47. The molecule has 12 bridgehead atoms. The summed E-state index contributed by atoms with van der Waals surface area (Å²) >= 11 is 0. The van der Waals surface area contributed by atoms with E-state index in [0.29, 0.717) is 36.1 Å². The minimum Gasteiger partial charge on any atom is -0.464 e. The molecule has 13 rings (SSSR count). The van der Waals surface area contributed by atoms with E-state index in [2.05, 4.69) is 67.9 Å². The maximum Gasteiger partial charge on any atom is 0.472 e. The zero-order chi connectivity index (χ0) is 95.6. The number of carbonyl (C=O) groups is 13. The lowest BCUT2D eigenvalue weighted by Crippen LogP contribution is -2.58. The molecule has 0 aromatic heterocycles. The van der Waals surface area contributed by atoms with Gasteiger partial charge < -0.3 is 130 Å². The minimum atomic E-state index is -4.76. The van der Waals surface area contributed by atoms with E-state index in [4.69, 9.17) is 81.4 Å². The molecule has 1 unspecified atom stereocenters. The summed E-state index contributed by atoms with van der Waals surface area (Å²) in [6, 6.07) is -1.74. The number of ether oxygens (including phenoxy) is 12. The van der Waals surface area contributed by atoms with Crippen LogP contribution in [-0.4, -0.2) is 309 Å². The van der Waals surface area contributed by atoms with Gasteiger partial charge in [-0.2, -0.15) is 0 Å². The predicted molar refractivity (Wildman–Crippen MR) is 463 cm³/mol. The molecule has 46 heteroatoms. The van der Waals surface area contributed by atoms with Crippen molar-refractivity contribution in [3.8, 4) is 0 Å². The van der Waals surface area contributed by atoms with Crippen LogP contribution in [0.3, 0.4) is 0 Å². The number of carbonyl (C=O) groups excluding carboxylic acids is 13. The summed E-state index contributed by atoms with van der Waals surface area (Å²) in [4.78, 5) is 200. The summed E-state index contributed by atoms with van der Waals surface area (Å²) in [6.45, 7) is 10.8. The average Bonchev–Trinajstić information content (AvgIpc) is 1.55. The zero-order valence-corrected chi connectivity index (χ0v) is 76.9. The van der Waals surface area contributed by atoms with Gasteiger partial charge in [0.25, 0.3) is 11.8 Å². The van der Waals surface area contributed by atoms with Crippen LogP contribution in [0.4, 0.5) is 15.3 Å². The van der Waals surface area contributed by atoms with Crippen LogP contribution in [0.15, 0.2) is 60.7 Å². The fourth-order valence-corrected chi connectivity index (χ4v) is 20.5. The number of phosphoric acid groups is 1. The third-order valence-corrected chi connectivity index (χ3v) is 27.9. The molecule has 1 aliphatic carbocycles. The Morgan fingerprint density at radius 1 is 0.654 bits per heavy atom. The number of imide groups is 1. The molecule has 11 aliphatic heterocycles. The van der Waals surface area contributed by atoms with Crippen LogP contribution in [-0.2, 0) is 134 Å². The van der Waals surface area contributed by atoms with Crippen LogP contribution in [0, 0.1) is 29.6 Å². The Balaban J connectivity index is 0.587. The minimum absolute atomic E-state index is 0.00596. The number of aliphatic hydroxyl groups excluding tert-OH is 1. The van der Waals surface area contributed by atoms with Crippen molar-refractivity contribution in [1.29, 1.82) is 0 Å². The number of alkyl carbamates (subject to hydrolysis) is 1. The van der Waals surface area contributed by atoms with Gasteiger partial charge in [-0.25, -0.2) is 18.9 Å². The molecule has 12 amide bonds. The summed E-state index contributed by atoms with van der Waals surface area (Å²) in [5, 5.41) is 34.2. The molecule has 25 atom stereocenters. The average molecular weight is 1920 g/mol. The number of fused-ring (bicyclic) bond motifs is 6. The highest BCUT2D eigenvalue weighted by atomic mass is 31.2. The van der Waals surface area contributed by atoms with E-state index in [-0.39, 0.29) is 169 Å². The first-order valence-corrected chi connectivity index (χ1v) is 49.0. The van der Waals surface area contributed by atoms with Crippen molar-refractivity contribution in [3.05, 3.63) is 66.3 Å². The Morgan fingerprint density at radius 2 is 1.37 bits per heavy atom. The number of nitrogens with two attached hydrogens (primary N) is 1. The van der Waals surface area contributed by atoms with E-state index in [9.17, 15) is 81.5 Å². The zero-order valence-electron chi connectivity index (χ0n) is 75.1. The summed E-state index contributed by atoms with van der Waals surface area (Å²) < 4.78 is 109. The summed E-state index contributed by atoms with van der Waals surface area (Å²) in [7, 11) is -7.73. The molecule has 133 heavy (non-hydrogen) atoms. The molecule has 12 aliphatic rings. The number of hydrogen-bond acceptors (Lipinski definition) is 30. The number of nitrogens with one attached hydrogen (secondary N) is 9. The number of anilines is 1. The molecule has 1 aromatic carbocycles. The topological polar surface area (TPSA) is 604 Å². The predicted octanol–water partition coefficient (Wildman–Crippen LogP) is 1.24. The number of esters is 1. The van der Waals surface area contributed by atoms with E-state index in [1.165, 1.54) is 12.1 Å². The molecule has 11 heterocycles. The molecule has 1 saturated carbocycles. The number of aliphatic hydroxyl groups is 1. The summed E-state index contributed by atoms with van der Waals surface area (Å²) in [6.07, 6.45) is 2.19. The molecular weight excluding hydrogens is 1790 g/mol. The van der Waals surface area contributed by atoms with Gasteiger partial charge in [-0.05, 0) is 111 Å². The number of cyclic esters (lactones) is 1. The summed E-state index contributed by atoms with van der Waals surface area (Å²) in [5.74, 6) is -10.3. The Bertz CT molecular complexity index is 4470. The number of phosphoric ester groups is 1. The van der Waals surface area contributed by atoms with Crippen molar-refractivity contribution in [3.63, 3.8) is 0 Å². The highest BCUT2D eigenvalue weighted by Crippen LogP contribution is 2.57. The quantitative estimate of drug-likeness (QED) is 0.0144. The Kier molecular flexibility index (Phi) is 36.8. The van der Waals surface area contributed by atoms with E-state index < -0.39 is 217 Å². The Hall–Kier alpha value is -8.63. The first-order chi connectivity index (χ1) is 63.4. The number of urea groups is 1. The maximum atomic E-state index is 14.7. The second-order valence-electron chi connectivity index (χ2n) is 36.2. The van der Waals surface area contributed by atoms with Crippen molar-refractivity contribution in [2.24, 2.45) is 35.3 Å². The van der Waals surface area contributed by atoms with Crippen molar-refractivity contribution in [2.75, 3.05) is 91.0 Å². The number of nitrogens with zero attached hydrogens (tertiary/aromatic N) is 1. The number of amides is 12. The van der Waals surface area contributed by atoms with Crippen LogP contribution >= 0.6 is 15.4 Å². The SMILES string of the molecule is C=C1C[C@@H]2CC[C@@]34C[C@H]5O[C@@H]6[C@@H](O[C@H]7CC[C@H](CC(=O)C[C@@H]8[C@@H](OC)[C@@H](C[C@H](O)CNC(=O)OCc9ccc(NC(=O)[C@H](CCCNC(N)=O)NC(=O)[C@@H](NC(=O)[C@H](CC(=O)N[C@H]%10CCOC%10=O)NC(=O)CCOCCOCCOP(=O)(O)OCCNC(=O)[C@H](CNC(=O)CCP(=O)(O)O)N%10C(=O)C=CC%10=O)C(C)C)cc9)O[C@H]8C[C@H]8O[C@@H](CC[C@@H]1O2)C[C@@H](C)C8=C)C[C@@H]7[C@@H]6O3)[C@H]5O4. The summed E-state index contributed by atoms with van der Waals surface area (Å²) in [5.41, 5.74) is 8.06. The molecule has 738 valence electrons. The number of rotatable bonds is 43. The van der Waals surface area contributed by atoms with Crippen LogP contribution in [0.2, 0.25) is 0 Å². The second kappa shape index (κ2) is 47.4. The lowest BCUT2D eigenvalue weighted by molar-refractivity contribution is -0.268. The van der Waals surface area contributed by atoms with Gasteiger partial charge in [0.1, 0.15) is 60.9 Å². The van der Waals surface area contributed by atoms with Crippen LogP contribution < -0.4 is 53.6 Å². The number of Topliss-reactive ketones (excluding diaryl/α,β-unsaturated/α-hetero) is 1. The second-order valence-corrected chi connectivity index (χ2v) is 39.5. The van der Waals surface area contributed by atoms with Crippen LogP contribution in [0.1, 0.15) is 155 Å². The molecular formula is C87H127N11O33P2. The molecule has 1 spiro atoms. The molecule has 44 nitrogen and oxygen atoms in total. The van der Waals surface area contributed by atoms with Gasteiger partial charge in [-0.15, -0.1) is 0 Å². The number of benzene rings is 1. The lowest BCUT2D eigenvalue weighted by atomic mass is 9.71. The molecule has 15 N–H and O–H groups in total. The van der Waals surface area contributed by atoms with Crippen molar-refractivity contribution in [1.82, 2.24) is 47.4 Å². The molecule has 11 fully saturated rings. The monoisotopic (exact) mass is 1920 g/mol. The van der Waals surface area contributed by atoms with E-state index >= 15 is 0 Å². The number of ketones is 1. The fraction of sp³-hybridized carbons (Fsp3) is 0.713. The molecule has 0 radical (unpaired) electrons. The molecule has 1 aromatic rings. The van der Waals surface area contributed by atoms with Crippen LogP contribution in [0.5, 0.6) is 0 Å². The number of primary amides is 1. The van der Waals surface area contributed by atoms with Crippen molar-refractivity contribution >= 4 is 98.1 Å². The Morgan fingerprint density at radius 3 is 2.09 bits per heavy atom. The smallest absolute Gasteiger partial charge is 0.464 e. The van der Waals surface area contributed by atoms with Crippen molar-refractivity contribution in [2.45, 2.75) is 277 Å². The largest absolute Gasteiger partial charge is 0.472 e. The normalized spacial score (nSPS) is 30.5. The van der Waals surface area contributed by atoms with Gasteiger partial charge in [-0.3, -0.25) is 66.5 Å². The van der Waals surface area contributed by atoms with E-state index in [0.717, 1.165) is 74.7 Å². The molecule has 10 saturated heterocycles. The van der Waals surface area contributed by atoms with Gasteiger partial charge in [0.05, 0.1) is 126 Å². The van der Waals surface area contributed by atoms with Gasteiger partial charge in [-0.1, -0.05) is 46.1 Å². The highest BCUT2D eigenvalue weighted by Gasteiger charge is 2.68. The van der Waals surface area contributed by atoms with Crippen LogP contribution in [0.25, 0.3) is 0 Å². The third-order valence-electron chi connectivity index (χ3n) is 26.1. The number of hydrogen-bond donors (Lipinski definition) is 14. The van der Waals surface area contributed by atoms with E-state index in [1.54, 1.807) is 33.1 Å². The first-order valence-electron chi connectivity index (χ1n) is 45.7. The van der Waals surface area contributed by atoms with Gasteiger partial charge >= 0.3 is 33.5 Å². The van der Waals surface area contributed by atoms with Gasteiger partial charge in [0.2, 0.25) is 41.4 Å². The van der Waals surface area contributed by atoms with E-state index in [1.807, 2.05) is 0 Å². The Labute approximate surface area is 769 Å². The maximum absolute atomic E-state index is 14.7. The van der Waals surface area contributed by atoms with Gasteiger partial charge in [0.15, 0.2) is 5.79 Å². The third kappa shape index (κ3) is 29.0. The number of methoxy groups -OCH3 is 1. The first kappa shape index (κ1) is 103. The van der Waals surface area contributed by atoms with Crippen molar-refractivity contribution < 1.29 is 157 Å². The standard InChI is InChI=1S/C87H127N11O33P2/c1-46(2)74(97-81(107)61(40-71(103)94-60-20-27-121-84(60)110)95-70(102)21-26-119-29-30-120-31-32-124-133(116,117)123-28-25-89-82(108)62(98-72(104)17-18-73(98)105)44-91-69(101)22-33-132(113,114)115)83(109)96-59(8-7-24-90-85(88)111)80(106)93-52-12-9-50(10-13-52)45-122-86(112)92-43-54(100)39-67-75(118-6)58-38-53(99)36-51-11-15-64-57(37-51)76-78-79(128-64)77-68(129-78)42-87(130-76,131-77)23-19-56-35-48(4)63(125-56)16-14-55-34-47(3)49(5)65(126-55)41-66(58)127-67/h9-10,12-13,17-18,46-47,51,54-68,74-79,100H,4-5,7-8,11,14-16,19-45H2,1-3,6H3,(H,89,108)(H,91,101)(H,92,112)(H,93,106)(H,94,103)(H,95,102)(H,96,109)(H,97,107)(H,116,117)(H3,88,90,111)(H2,113,114,115)/t47-,51-,54+,55+,56+,57+,58+,59+,60+,61+,62+,63+,64+,65-,66+,67-,68-,74+,75-,76+,77+,78+,79+,87-/m1/s1.